The maximum Gasteiger partial charge on any atom is 0.331 e. The molecule has 2 fully saturated rings. The van der Waals surface area contributed by atoms with Gasteiger partial charge in [-0.25, -0.2) is 4.79 Å². The molecule has 190 valence electrons. The van der Waals surface area contributed by atoms with Gasteiger partial charge in [0.05, 0.1) is 6.61 Å². The minimum absolute atomic E-state index is 0.0475. The van der Waals surface area contributed by atoms with Gasteiger partial charge in [0.2, 0.25) is 0 Å². The largest absolute Gasteiger partial charge is 0.414 e. The normalized spacial score (nSPS) is 26.8. The first-order valence-electron chi connectivity index (χ1n) is 11.6. The van der Waals surface area contributed by atoms with Crippen LogP contribution < -0.4 is 11.2 Å². The van der Waals surface area contributed by atoms with Gasteiger partial charge in [-0.1, -0.05) is 46.3 Å². The van der Waals surface area contributed by atoms with E-state index in [4.69, 9.17) is 18.6 Å². The van der Waals surface area contributed by atoms with Crippen LogP contribution in [0.3, 0.4) is 0 Å². The number of hydrogen-bond donors (Lipinski definition) is 1. The lowest BCUT2D eigenvalue weighted by molar-refractivity contribution is -0.200. The van der Waals surface area contributed by atoms with Gasteiger partial charge in [0, 0.05) is 0 Å². The quantitative estimate of drug-likeness (QED) is 0.238. The molecule has 2 saturated heterocycles. The van der Waals surface area contributed by atoms with Gasteiger partial charge in [0.25, 0.3) is 5.56 Å². The van der Waals surface area contributed by atoms with Gasteiger partial charge >= 0.3 is 5.69 Å². The minimum Gasteiger partial charge on any atom is -0.414 e. The molecule has 2 aliphatic heterocycles. The molecule has 1 N–H and O–H groups in total. The van der Waals surface area contributed by atoms with E-state index in [-0.39, 0.29) is 10.6 Å². The van der Waals surface area contributed by atoms with E-state index < -0.39 is 58.0 Å². The highest BCUT2D eigenvalue weighted by Gasteiger charge is 2.57. The van der Waals surface area contributed by atoms with E-state index in [0.717, 1.165) is 0 Å². The Morgan fingerprint density at radius 2 is 1.71 bits per heavy atom. The molecule has 0 aromatic carbocycles. The van der Waals surface area contributed by atoms with Gasteiger partial charge in [-0.2, -0.15) is 0 Å². The fourth-order valence-electron chi connectivity index (χ4n) is 3.62. The Morgan fingerprint density at radius 1 is 1.12 bits per heavy atom. The van der Waals surface area contributed by atoms with Gasteiger partial charge in [0.1, 0.15) is 35.6 Å². The van der Waals surface area contributed by atoms with Crippen LogP contribution in [-0.2, 0) is 18.6 Å². The zero-order chi connectivity index (χ0) is 25.9. The van der Waals surface area contributed by atoms with Crippen LogP contribution in [0.5, 0.6) is 0 Å². The second kappa shape index (κ2) is 9.28. The zero-order valence-electron chi connectivity index (χ0n) is 21.8. The lowest BCUT2D eigenvalue weighted by atomic mass is 10.1. The van der Waals surface area contributed by atoms with E-state index in [0.29, 0.717) is 10.3 Å². The van der Waals surface area contributed by atoms with Gasteiger partial charge in [-0.15, -0.1) is 5.54 Å². The molecular formula is C23H37IN2O6Si2. The molecular weight excluding hydrogens is 583 g/mol. The van der Waals surface area contributed by atoms with Crippen molar-refractivity contribution in [1.82, 2.24) is 9.55 Å². The van der Waals surface area contributed by atoms with Crippen LogP contribution >= 0.6 is 22.6 Å². The molecule has 11 heteroatoms. The molecule has 0 radical (unpaired) electrons. The Labute approximate surface area is 217 Å². The van der Waals surface area contributed by atoms with Crippen LogP contribution in [0.15, 0.2) is 9.59 Å². The van der Waals surface area contributed by atoms with Gasteiger partial charge in [-0.05, 0) is 54.6 Å². The molecule has 0 amide bonds. The summed E-state index contributed by atoms with van der Waals surface area (Å²) in [6.07, 6.45) is -2.13. The van der Waals surface area contributed by atoms with Crippen LogP contribution in [0.4, 0.5) is 0 Å². The van der Waals surface area contributed by atoms with Crippen molar-refractivity contribution >= 4 is 39.0 Å². The maximum absolute atomic E-state index is 13.0. The number of hydrogen-bond acceptors (Lipinski definition) is 6. The summed E-state index contributed by atoms with van der Waals surface area (Å²) < 4.78 is 27.0. The number of nitrogens with zero attached hydrogens (tertiary/aromatic N) is 1. The fourth-order valence-corrected chi connectivity index (χ4v) is 6.00. The summed E-state index contributed by atoms with van der Waals surface area (Å²) in [6.45, 7) is 21.3. The van der Waals surface area contributed by atoms with Gasteiger partial charge < -0.3 is 18.6 Å². The van der Waals surface area contributed by atoms with Crippen molar-refractivity contribution in [3.05, 3.63) is 30.1 Å². The van der Waals surface area contributed by atoms with Crippen molar-refractivity contribution in [2.45, 2.75) is 103 Å². The van der Waals surface area contributed by atoms with Crippen LogP contribution in [-0.4, -0.2) is 56.6 Å². The molecule has 1 aromatic heterocycles. The van der Waals surface area contributed by atoms with Crippen molar-refractivity contribution in [2.75, 3.05) is 6.61 Å². The maximum atomic E-state index is 13.0. The molecule has 3 rings (SSSR count). The minimum atomic E-state index is -2.03. The van der Waals surface area contributed by atoms with E-state index in [9.17, 15) is 9.59 Å². The highest BCUT2D eigenvalue weighted by molar-refractivity contribution is 14.1. The van der Waals surface area contributed by atoms with Crippen molar-refractivity contribution < 1.29 is 18.6 Å². The third-order valence-electron chi connectivity index (χ3n) is 6.44. The number of rotatable bonds is 4. The number of halogens is 1. The second-order valence-corrected chi connectivity index (χ2v) is 22.6. The molecule has 1 aromatic rings. The van der Waals surface area contributed by atoms with Gasteiger partial charge in [0.15, 0.2) is 20.3 Å². The van der Waals surface area contributed by atoms with Gasteiger partial charge in [-0.3, -0.25) is 14.3 Å². The Bertz CT molecular complexity index is 1120. The molecule has 2 aliphatic rings. The van der Waals surface area contributed by atoms with E-state index in [1.807, 2.05) is 36.4 Å². The van der Waals surface area contributed by atoms with E-state index in [2.05, 4.69) is 70.0 Å². The van der Waals surface area contributed by atoms with E-state index >= 15 is 0 Å². The highest BCUT2D eigenvalue weighted by Crippen LogP contribution is 2.44. The van der Waals surface area contributed by atoms with Crippen LogP contribution in [0, 0.1) is 15.2 Å². The molecule has 3 heterocycles. The molecule has 8 nitrogen and oxygen atoms in total. The highest BCUT2D eigenvalue weighted by atomic mass is 127. The second-order valence-electron chi connectivity index (χ2n) is 12.0. The van der Waals surface area contributed by atoms with Crippen molar-refractivity contribution in [2.24, 2.45) is 0 Å². The van der Waals surface area contributed by atoms with Crippen LogP contribution in [0.2, 0.25) is 37.8 Å². The summed E-state index contributed by atoms with van der Waals surface area (Å²) in [5.74, 6) is 2.19. The van der Waals surface area contributed by atoms with E-state index in [1.54, 1.807) is 0 Å². The summed E-state index contributed by atoms with van der Waals surface area (Å²) >= 11 is 2.00. The summed E-state index contributed by atoms with van der Waals surface area (Å²) in [4.78, 5) is 28.0. The topological polar surface area (TPSA) is 91.8 Å². The molecule has 0 saturated carbocycles. The van der Waals surface area contributed by atoms with Crippen molar-refractivity contribution in [3.8, 4) is 11.5 Å². The number of H-pyrrole nitrogens is 1. The third-order valence-corrected chi connectivity index (χ3v) is 12.9. The molecule has 0 spiro atoms. The summed E-state index contributed by atoms with van der Waals surface area (Å²) in [5.41, 5.74) is 2.43. The number of aromatic nitrogens is 2. The zero-order valence-corrected chi connectivity index (χ0v) is 25.9. The van der Waals surface area contributed by atoms with Crippen LogP contribution in [0.1, 0.15) is 46.4 Å². The standard InChI is InChI=1S/C23H37IN2O6Si2/c1-22(2,3)34(9,10)29-13-15-16-17(32-23(4,5)31-16)20(30-15)26-18(24)14(11-12-33(6,7)8)19(27)25-21(26)28/h15-17,20H,13H2,1-10H3,(H,25,27,28)/t15-,16-,17-,20-/m1/s1. The number of ether oxygens (including phenoxy) is 3. The first-order chi connectivity index (χ1) is 15.3. The lowest BCUT2D eigenvalue weighted by Gasteiger charge is -2.37. The predicted octanol–water partition coefficient (Wildman–Crippen LogP) is 3.81. The Morgan fingerprint density at radius 3 is 2.26 bits per heavy atom. The van der Waals surface area contributed by atoms with Crippen molar-refractivity contribution in [3.63, 3.8) is 0 Å². The molecule has 4 atom stereocenters. The summed E-state index contributed by atoms with van der Waals surface area (Å²) in [5, 5.41) is 0.0475. The number of fused-ring (bicyclic) bond motifs is 1. The fraction of sp³-hybridized carbons (Fsp3) is 0.739. The average molecular weight is 621 g/mol. The monoisotopic (exact) mass is 620 g/mol. The predicted molar refractivity (Wildman–Crippen MR) is 145 cm³/mol. The molecule has 0 aliphatic carbocycles. The molecule has 34 heavy (non-hydrogen) atoms. The average Bonchev–Trinajstić information content (AvgIpc) is 3.11. The first kappa shape index (κ1) is 27.8. The number of aromatic amines is 1. The Kier molecular flexibility index (Phi) is 7.59. The number of nitrogens with one attached hydrogen (secondary N) is 1. The summed E-state index contributed by atoms with van der Waals surface area (Å²) in [6, 6.07) is 0. The smallest absolute Gasteiger partial charge is 0.331 e. The SMILES string of the molecule is CC1(C)O[C@@H]2[C@H](O1)[C@@H](CO[Si](C)(C)C(C)(C)C)O[C@H]2n1c(I)c(C#C[Si](C)(C)C)c(=O)[nH]c1=O. The van der Waals surface area contributed by atoms with Crippen LogP contribution in [0.25, 0.3) is 0 Å². The summed E-state index contributed by atoms with van der Waals surface area (Å²) in [7, 11) is -3.77. The first-order valence-corrected chi connectivity index (χ1v) is 19.0. The van der Waals surface area contributed by atoms with Crippen molar-refractivity contribution in [1.29, 1.82) is 0 Å². The Hall–Kier alpha value is -0.756. The lowest BCUT2D eigenvalue weighted by Crippen LogP contribution is -2.44. The van der Waals surface area contributed by atoms with E-state index in [1.165, 1.54) is 4.57 Å². The Balaban J connectivity index is 2.00. The third kappa shape index (κ3) is 5.79. The molecule has 0 bridgehead atoms. The molecule has 0 unspecified atom stereocenters.